The van der Waals surface area contributed by atoms with E-state index in [1.54, 1.807) is 24.3 Å². The lowest BCUT2D eigenvalue weighted by Crippen LogP contribution is -2.55. The van der Waals surface area contributed by atoms with Crippen LogP contribution in [0.25, 0.3) is 0 Å². The highest BCUT2D eigenvalue weighted by Gasteiger charge is 2.57. The minimum absolute atomic E-state index is 0.00580. The highest BCUT2D eigenvalue weighted by molar-refractivity contribution is 6.02. The van der Waals surface area contributed by atoms with Crippen LogP contribution in [0.1, 0.15) is 36.0 Å². The van der Waals surface area contributed by atoms with Crippen molar-refractivity contribution in [2.75, 3.05) is 7.11 Å². The molecule has 0 radical (unpaired) electrons. The van der Waals surface area contributed by atoms with Crippen molar-refractivity contribution in [2.24, 2.45) is 11.8 Å². The van der Waals surface area contributed by atoms with Crippen molar-refractivity contribution in [2.45, 2.75) is 38.1 Å². The van der Waals surface area contributed by atoms with Crippen LogP contribution in [0.4, 0.5) is 0 Å². The minimum Gasteiger partial charge on any atom is -0.497 e. The summed E-state index contributed by atoms with van der Waals surface area (Å²) in [5.74, 6) is -4.97. The molecule has 7 nitrogen and oxygen atoms in total. The second kappa shape index (κ2) is 11.4. The summed E-state index contributed by atoms with van der Waals surface area (Å²) in [5, 5.41) is 11.3. The molecule has 3 aromatic carbocycles. The van der Waals surface area contributed by atoms with Gasteiger partial charge in [0, 0.05) is 12.3 Å². The van der Waals surface area contributed by atoms with E-state index >= 15 is 0 Å². The van der Waals surface area contributed by atoms with E-state index in [2.05, 4.69) is 0 Å². The Morgan fingerprint density at radius 2 is 1.43 bits per heavy atom. The van der Waals surface area contributed by atoms with Gasteiger partial charge >= 0.3 is 11.9 Å². The molecule has 0 heterocycles. The molecule has 7 heteroatoms. The number of rotatable bonds is 8. The van der Waals surface area contributed by atoms with E-state index in [1.807, 2.05) is 60.7 Å². The Hall–Kier alpha value is -3.97. The van der Waals surface area contributed by atoms with Gasteiger partial charge in [-0.25, -0.2) is 0 Å². The van der Waals surface area contributed by atoms with E-state index in [0.717, 1.165) is 11.1 Å². The summed E-state index contributed by atoms with van der Waals surface area (Å²) in [6.07, 6.45) is -0.385. The molecule has 1 N–H and O–H groups in total. The van der Waals surface area contributed by atoms with Gasteiger partial charge in [-0.05, 0) is 35.7 Å². The Morgan fingerprint density at radius 1 is 0.865 bits per heavy atom. The third-order valence-corrected chi connectivity index (χ3v) is 6.70. The van der Waals surface area contributed by atoms with E-state index in [1.165, 1.54) is 14.0 Å². The summed E-state index contributed by atoms with van der Waals surface area (Å²) in [6, 6.07) is 25.1. The molecule has 0 aromatic heterocycles. The zero-order valence-corrected chi connectivity index (χ0v) is 20.8. The fraction of sp³-hybridized carbons (Fsp3) is 0.300. The first-order valence-corrected chi connectivity index (χ1v) is 12.1. The summed E-state index contributed by atoms with van der Waals surface area (Å²) in [6.45, 7) is 1.40. The van der Waals surface area contributed by atoms with Gasteiger partial charge in [0.2, 0.25) is 0 Å². The number of carbonyl (C=O) groups excluding carboxylic acids is 3. The van der Waals surface area contributed by atoms with Crippen LogP contribution in [0.5, 0.6) is 5.75 Å². The maximum atomic E-state index is 13.5. The Kier molecular flexibility index (Phi) is 8.04. The quantitative estimate of drug-likeness (QED) is 0.364. The van der Waals surface area contributed by atoms with Crippen molar-refractivity contribution in [3.05, 3.63) is 102 Å². The van der Waals surface area contributed by atoms with Crippen molar-refractivity contribution in [1.82, 2.24) is 0 Å². The molecule has 0 spiro atoms. The maximum absolute atomic E-state index is 13.5. The molecule has 192 valence electrons. The number of ketones is 1. The monoisotopic (exact) mass is 502 g/mol. The van der Waals surface area contributed by atoms with Crippen LogP contribution < -0.4 is 4.74 Å². The number of carbonyl (C=O) groups is 3. The van der Waals surface area contributed by atoms with Crippen LogP contribution in [0, 0.1) is 11.8 Å². The molecule has 0 amide bonds. The zero-order valence-electron chi connectivity index (χ0n) is 20.8. The fourth-order valence-corrected chi connectivity index (χ4v) is 4.90. The van der Waals surface area contributed by atoms with E-state index in [4.69, 9.17) is 14.2 Å². The Bertz CT molecular complexity index is 1240. The number of benzene rings is 3. The third kappa shape index (κ3) is 6.06. The highest BCUT2D eigenvalue weighted by atomic mass is 16.5. The van der Waals surface area contributed by atoms with Crippen molar-refractivity contribution in [3.63, 3.8) is 0 Å². The van der Waals surface area contributed by atoms with E-state index in [-0.39, 0.29) is 19.6 Å². The summed E-state index contributed by atoms with van der Waals surface area (Å²) in [5.41, 5.74) is 0.299. The van der Waals surface area contributed by atoms with Gasteiger partial charge in [0.15, 0.2) is 5.78 Å². The van der Waals surface area contributed by atoms with Crippen molar-refractivity contribution in [1.29, 1.82) is 0 Å². The predicted molar refractivity (Wildman–Crippen MR) is 135 cm³/mol. The van der Waals surface area contributed by atoms with Gasteiger partial charge < -0.3 is 19.3 Å². The van der Waals surface area contributed by atoms with E-state index in [0.29, 0.717) is 11.3 Å². The molecular weight excluding hydrogens is 472 g/mol. The lowest BCUT2D eigenvalue weighted by atomic mass is 9.61. The van der Waals surface area contributed by atoms with Gasteiger partial charge in [0.1, 0.15) is 24.9 Å². The van der Waals surface area contributed by atoms with Crippen molar-refractivity contribution >= 4 is 17.7 Å². The number of esters is 2. The minimum atomic E-state index is -1.74. The topological polar surface area (TPSA) is 99.1 Å². The number of methoxy groups -OCH3 is 1. The first-order chi connectivity index (χ1) is 17.8. The van der Waals surface area contributed by atoms with Gasteiger partial charge in [-0.1, -0.05) is 72.8 Å². The molecule has 4 atom stereocenters. The molecule has 0 bridgehead atoms. The van der Waals surface area contributed by atoms with Gasteiger partial charge in [-0.15, -0.1) is 0 Å². The lowest BCUT2D eigenvalue weighted by molar-refractivity contribution is -0.174. The van der Waals surface area contributed by atoms with Gasteiger partial charge in [-0.3, -0.25) is 14.4 Å². The molecule has 0 saturated heterocycles. The number of hydrogen-bond acceptors (Lipinski definition) is 7. The molecule has 1 aliphatic carbocycles. The van der Waals surface area contributed by atoms with Crippen LogP contribution in [-0.4, -0.2) is 35.5 Å². The molecule has 3 aromatic rings. The average molecular weight is 503 g/mol. The molecule has 4 rings (SSSR count). The molecule has 37 heavy (non-hydrogen) atoms. The van der Waals surface area contributed by atoms with Gasteiger partial charge in [0.25, 0.3) is 0 Å². The molecule has 0 aliphatic heterocycles. The number of aliphatic hydroxyl groups is 1. The average Bonchev–Trinajstić information content (AvgIpc) is 2.90. The number of Topliss-reactive ketones (excluding diaryl/α,β-unsaturated/α-hetero) is 1. The second-order valence-corrected chi connectivity index (χ2v) is 9.44. The zero-order chi connectivity index (χ0) is 26.4. The van der Waals surface area contributed by atoms with Crippen LogP contribution in [0.15, 0.2) is 84.9 Å². The largest absolute Gasteiger partial charge is 0.497 e. The normalized spacial score (nSPS) is 23.2. The number of ether oxygens (including phenoxy) is 3. The summed E-state index contributed by atoms with van der Waals surface area (Å²) in [4.78, 5) is 40.2. The summed E-state index contributed by atoms with van der Waals surface area (Å²) in [7, 11) is 1.50. The van der Waals surface area contributed by atoms with Crippen molar-refractivity contribution in [3.8, 4) is 5.75 Å². The Balaban J connectivity index is 1.68. The first-order valence-electron chi connectivity index (χ1n) is 12.1. The van der Waals surface area contributed by atoms with Crippen LogP contribution in [-0.2, 0) is 37.1 Å². The summed E-state index contributed by atoms with van der Waals surface area (Å²) >= 11 is 0. The molecular formula is C30H30O7. The highest BCUT2D eigenvalue weighted by Crippen LogP contribution is 2.47. The molecule has 1 aliphatic rings. The Labute approximate surface area is 216 Å². The van der Waals surface area contributed by atoms with Crippen molar-refractivity contribution < 1.29 is 33.7 Å². The second-order valence-electron chi connectivity index (χ2n) is 9.44. The van der Waals surface area contributed by atoms with Crippen LogP contribution in [0.2, 0.25) is 0 Å². The fourth-order valence-electron chi connectivity index (χ4n) is 4.90. The van der Waals surface area contributed by atoms with E-state index in [9.17, 15) is 19.5 Å². The smallest absolute Gasteiger partial charge is 0.317 e. The summed E-state index contributed by atoms with van der Waals surface area (Å²) < 4.78 is 16.5. The van der Waals surface area contributed by atoms with E-state index < -0.39 is 41.1 Å². The molecule has 1 saturated carbocycles. The Morgan fingerprint density at radius 3 is 2.00 bits per heavy atom. The standard InChI is InChI=1S/C30H30O7/c1-30(34)17-24(31)26(28(32)36-18-20-10-5-3-6-11-20)25(22-14-9-15-23(16-22)35-2)27(30)29(33)37-19-21-12-7-4-8-13-21/h3-16,25-27,34H,17-19H2,1-2H3/t25-,26-,27+,30-/m1/s1. The lowest BCUT2D eigenvalue weighted by Gasteiger charge is -2.43. The first kappa shape index (κ1) is 26.1. The molecule has 1 fully saturated rings. The van der Waals surface area contributed by atoms with Gasteiger partial charge in [0.05, 0.1) is 18.6 Å². The van der Waals surface area contributed by atoms with Crippen LogP contribution in [0.3, 0.4) is 0 Å². The molecule has 0 unspecified atom stereocenters. The maximum Gasteiger partial charge on any atom is 0.317 e. The third-order valence-electron chi connectivity index (χ3n) is 6.70. The van der Waals surface area contributed by atoms with Crippen LogP contribution >= 0.6 is 0 Å². The number of hydrogen-bond donors (Lipinski definition) is 1. The SMILES string of the molecule is COc1cccc([C@@H]2[C@H](C(=O)OCc3ccccc3)C(=O)C[C@@](C)(O)[C@@H]2C(=O)OCc2ccccc2)c1. The van der Waals surface area contributed by atoms with Gasteiger partial charge in [-0.2, -0.15) is 0 Å². The predicted octanol–water partition coefficient (Wildman–Crippen LogP) is 4.22.